The zero-order valence-corrected chi connectivity index (χ0v) is 18.4. The first kappa shape index (κ1) is 22.5. The van der Waals surface area contributed by atoms with E-state index in [2.05, 4.69) is 26.2 Å². The summed E-state index contributed by atoms with van der Waals surface area (Å²) in [5.74, 6) is -0.746. The van der Waals surface area contributed by atoms with Crippen molar-refractivity contribution in [3.8, 4) is 0 Å². The number of amides is 3. The number of benzene rings is 2. The fraction of sp³-hybridized carbons (Fsp3) is 0.190. The third kappa shape index (κ3) is 6.66. The molecule has 2 aromatic rings. The molecule has 1 aliphatic heterocycles. The van der Waals surface area contributed by atoms with Gasteiger partial charge in [-0.1, -0.05) is 35.5 Å². The summed E-state index contributed by atoms with van der Waals surface area (Å²) in [5, 5.41) is 16.6. The number of halogens is 1. The van der Waals surface area contributed by atoms with E-state index in [0.29, 0.717) is 27.3 Å². The molecule has 1 aliphatic rings. The summed E-state index contributed by atoms with van der Waals surface area (Å²) in [5.41, 5.74) is 2.65. The predicted octanol–water partition coefficient (Wildman–Crippen LogP) is 3.64. The number of carbonyl (C=O) groups is 3. The van der Waals surface area contributed by atoms with Crippen molar-refractivity contribution >= 4 is 63.3 Å². The molecule has 0 spiro atoms. The van der Waals surface area contributed by atoms with Crippen LogP contribution in [0, 0.1) is 0 Å². The molecule has 3 rings (SSSR count). The van der Waals surface area contributed by atoms with Gasteiger partial charge in [0.1, 0.15) is 5.25 Å². The molecule has 0 aromatic heterocycles. The van der Waals surface area contributed by atoms with E-state index in [1.165, 1.54) is 6.92 Å². The van der Waals surface area contributed by atoms with Crippen LogP contribution in [0.1, 0.15) is 25.8 Å². The normalized spacial score (nSPS) is 17.4. The molecule has 10 heteroatoms. The molecule has 160 valence electrons. The van der Waals surface area contributed by atoms with Gasteiger partial charge < -0.3 is 16.0 Å². The molecule has 1 atom stereocenters. The molecule has 0 bridgehead atoms. The number of hydrogen-bond acceptors (Lipinski definition) is 6. The molecule has 8 nitrogen and oxygen atoms in total. The van der Waals surface area contributed by atoms with E-state index in [-0.39, 0.29) is 24.1 Å². The molecule has 0 unspecified atom stereocenters. The van der Waals surface area contributed by atoms with Crippen molar-refractivity contribution in [1.29, 1.82) is 0 Å². The minimum atomic E-state index is -0.593. The average Bonchev–Trinajstić information content (AvgIpc) is 3.06. The fourth-order valence-electron chi connectivity index (χ4n) is 2.70. The molecule has 3 amide bonds. The Balaban J connectivity index is 1.60. The molecule has 0 aliphatic carbocycles. The van der Waals surface area contributed by atoms with Crippen molar-refractivity contribution in [1.82, 2.24) is 5.32 Å². The lowest BCUT2D eigenvalue weighted by Gasteiger charge is -2.07. The highest BCUT2D eigenvalue weighted by Crippen LogP contribution is 2.23. The van der Waals surface area contributed by atoms with Gasteiger partial charge in [-0.2, -0.15) is 5.10 Å². The lowest BCUT2D eigenvalue weighted by atomic mass is 10.1. The van der Waals surface area contributed by atoms with Crippen LogP contribution < -0.4 is 16.0 Å². The highest BCUT2D eigenvalue weighted by atomic mass is 35.5. The van der Waals surface area contributed by atoms with Crippen LogP contribution >= 0.6 is 23.4 Å². The Morgan fingerprint density at radius 2 is 1.84 bits per heavy atom. The zero-order chi connectivity index (χ0) is 22.4. The molecule has 1 heterocycles. The summed E-state index contributed by atoms with van der Waals surface area (Å²) < 4.78 is 0. The summed E-state index contributed by atoms with van der Waals surface area (Å²) in [6.07, 6.45) is -0.000393. The first-order valence-corrected chi connectivity index (χ1v) is 10.6. The average molecular weight is 458 g/mol. The maximum atomic E-state index is 12.2. The number of carbonyl (C=O) groups excluding carboxylic acids is 3. The molecule has 1 saturated heterocycles. The standard InChI is InChI=1S/C21H20ClN5O3S/c1-12(14-4-3-5-17(10-14)23-13(2)28)26-27-21-25-20(30)18(31-21)11-19(29)24-16-8-6-15(22)7-9-16/h3-10,18H,11H2,1-2H3,(H,23,28)(H,24,29)(H,25,27,30)/t18-/m0/s1. The van der Waals surface area contributed by atoms with Crippen molar-refractivity contribution in [2.45, 2.75) is 25.5 Å². The first-order valence-electron chi connectivity index (χ1n) is 9.33. The summed E-state index contributed by atoms with van der Waals surface area (Å²) in [6.45, 7) is 3.21. The molecule has 3 N–H and O–H groups in total. The third-order valence-electron chi connectivity index (χ3n) is 4.17. The second kappa shape index (κ2) is 10.2. The molecule has 1 fully saturated rings. The van der Waals surface area contributed by atoms with Crippen LogP contribution in [-0.2, 0) is 14.4 Å². The highest BCUT2D eigenvalue weighted by Gasteiger charge is 2.32. The van der Waals surface area contributed by atoms with E-state index < -0.39 is 5.25 Å². The van der Waals surface area contributed by atoms with Gasteiger partial charge in [0.25, 0.3) is 0 Å². The van der Waals surface area contributed by atoms with Crippen molar-refractivity contribution in [2.24, 2.45) is 10.2 Å². The predicted molar refractivity (Wildman–Crippen MR) is 125 cm³/mol. The Kier molecular flexibility index (Phi) is 7.43. The minimum Gasteiger partial charge on any atom is -0.326 e. The Hall–Kier alpha value is -3.17. The number of hydrogen-bond donors (Lipinski definition) is 3. The van der Waals surface area contributed by atoms with Crippen molar-refractivity contribution < 1.29 is 14.4 Å². The second-order valence-corrected chi connectivity index (χ2v) is 8.34. The van der Waals surface area contributed by atoms with Gasteiger partial charge in [0.2, 0.25) is 17.7 Å². The van der Waals surface area contributed by atoms with Crippen molar-refractivity contribution in [2.75, 3.05) is 10.6 Å². The van der Waals surface area contributed by atoms with E-state index in [9.17, 15) is 14.4 Å². The highest BCUT2D eigenvalue weighted by molar-refractivity contribution is 8.15. The quantitative estimate of drug-likeness (QED) is 0.454. The summed E-state index contributed by atoms with van der Waals surface area (Å²) in [7, 11) is 0. The maximum absolute atomic E-state index is 12.2. The molecular formula is C21H20ClN5O3S. The van der Waals surface area contributed by atoms with Gasteiger partial charge in [-0.25, -0.2) is 0 Å². The third-order valence-corrected chi connectivity index (χ3v) is 5.49. The van der Waals surface area contributed by atoms with Crippen molar-refractivity contribution in [3.63, 3.8) is 0 Å². The zero-order valence-electron chi connectivity index (χ0n) is 16.8. The number of nitrogens with zero attached hydrogens (tertiary/aromatic N) is 2. The van der Waals surface area contributed by atoms with E-state index >= 15 is 0 Å². The lowest BCUT2D eigenvalue weighted by molar-refractivity contribution is -0.122. The van der Waals surface area contributed by atoms with E-state index in [0.717, 1.165) is 17.3 Å². The van der Waals surface area contributed by atoms with Gasteiger partial charge in [-0.15, -0.1) is 5.10 Å². The molecule has 2 aromatic carbocycles. The van der Waals surface area contributed by atoms with E-state index in [4.69, 9.17) is 11.6 Å². The van der Waals surface area contributed by atoms with Crippen LogP contribution in [0.25, 0.3) is 0 Å². The number of rotatable bonds is 6. The first-order chi connectivity index (χ1) is 14.8. The Labute approximate surface area is 188 Å². The van der Waals surface area contributed by atoms with Gasteiger partial charge in [-0.05, 0) is 48.9 Å². The van der Waals surface area contributed by atoms with Crippen LogP contribution in [0.15, 0.2) is 58.7 Å². The molecule has 31 heavy (non-hydrogen) atoms. The number of nitrogens with one attached hydrogen (secondary N) is 3. The van der Waals surface area contributed by atoms with E-state index in [1.807, 2.05) is 6.07 Å². The van der Waals surface area contributed by atoms with Crippen LogP contribution in [0.4, 0.5) is 11.4 Å². The topological polar surface area (TPSA) is 112 Å². The lowest BCUT2D eigenvalue weighted by Crippen LogP contribution is -2.28. The monoisotopic (exact) mass is 457 g/mol. The van der Waals surface area contributed by atoms with Crippen LogP contribution in [0.2, 0.25) is 5.02 Å². The molecule has 0 saturated carbocycles. The van der Waals surface area contributed by atoms with E-state index in [1.54, 1.807) is 49.4 Å². The second-order valence-electron chi connectivity index (χ2n) is 6.71. The summed E-state index contributed by atoms with van der Waals surface area (Å²) >= 11 is 6.98. The van der Waals surface area contributed by atoms with Crippen molar-refractivity contribution in [3.05, 3.63) is 59.1 Å². The maximum Gasteiger partial charge on any atom is 0.240 e. The number of anilines is 2. The van der Waals surface area contributed by atoms with Crippen LogP contribution in [0.5, 0.6) is 0 Å². The van der Waals surface area contributed by atoms with Gasteiger partial charge in [0, 0.05) is 29.7 Å². The summed E-state index contributed by atoms with van der Waals surface area (Å²) in [4.78, 5) is 35.6. The largest absolute Gasteiger partial charge is 0.326 e. The van der Waals surface area contributed by atoms with Gasteiger partial charge >= 0.3 is 0 Å². The SMILES string of the molecule is CC(=O)Nc1cccc(C(C)=N/N=C2\NC(=O)[C@H](CC(=O)Nc3ccc(Cl)cc3)S2)c1. The Bertz CT molecular complexity index is 1070. The van der Waals surface area contributed by atoms with Gasteiger partial charge in [-0.3, -0.25) is 14.4 Å². The van der Waals surface area contributed by atoms with Crippen LogP contribution in [-0.4, -0.2) is 33.9 Å². The fourth-order valence-corrected chi connectivity index (χ4v) is 3.75. The van der Waals surface area contributed by atoms with Crippen LogP contribution in [0.3, 0.4) is 0 Å². The Morgan fingerprint density at radius 3 is 2.55 bits per heavy atom. The molecule has 0 radical (unpaired) electrons. The smallest absolute Gasteiger partial charge is 0.240 e. The number of thioether (sulfide) groups is 1. The van der Waals surface area contributed by atoms with Gasteiger partial charge in [0.15, 0.2) is 5.17 Å². The Morgan fingerprint density at radius 1 is 1.10 bits per heavy atom. The van der Waals surface area contributed by atoms with Gasteiger partial charge in [0.05, 0.1) is 5.71 Å². The minimum absolute atomic E-state index is 0.000393. The molecular weight excluding hydrogens is 438 g/mol. The number of amidine groups is 1. The summed E-state index contributed by atoms with van der Waals surface area (Å²) in [6, 6.07) is 13.9.